The van der Waals surface area contributed by atoms with Crippen molar-refractivity contribution in [1.29, 1.82) is 0 Å². The number of nitrogens with one attached hydrogen (secondary N) is 1. The Morgan fingerprint density at radius 1 is 1.16 bits per heavy atom. The molecule has 2 aliphatic rings. The molecule has 1 aliphatic heterocycles. The molecule has 1 saturated heterocycles. The lowest BCUT2D eigenvalue weighted by molar-refractivity contribution is 0.112. The van der Waals surface area contributed by atoms with E-state index in [2.05, 4.69) is 36.3 Å². The van der Waals surface area contributed by atoms with Crippen LogP contribution < -0.4 is 5.32 Å². The van der Waals surface area contributed by atoms with Gasteiger partial charge in [-0.3, -0.25) is 0 Å². The van der Waals surface area contributed by atoms with Crippen molar-refractivity contribution in [1.82, 2.24) is 15.1 Å². The fraction of sp³-hybridized carbons (Fsp3) is 1.00. The first-order valence-electron chi connectivity index (χ1n) is 8.26. The normalized spacial score (nSPS) is 28.7. The number of likely N-dealkylation sites (tertiary alicyclic amines) is 1. The maximum Gasteiger partial charge on any atom is 0.0221 e. The number of likely N-dealkylation sites (N-methyl/N-ethyl adjacent to an activating group) is 3. The highest BCUT2D eigenvalue weighted by Crippen LogP contribution is 2.27. The molecule has 2 atom stereocenters. The SMILES string of the molecule is CNC(CN(C)C1CCCN(C)C1)C1CCCCC1. The zero-order valence-corrected chi connectivity index (χ0v) is 13.2. The molecule has 3 nitrogen and oxygen atoms in total. The summed E-state index contributed by atoms with van der Waals surface area (Å²) in [5.74, 6) is 0.905. The maximum absolute atomic E-state index is 3.60. The van der Waals surface area contributed by atoms with Crippen LogP contribution >= 0.6 is 0 Å². The minimum absolute atomic E-state index is 0.692. The van der Waals surface area contributed by atoms with Crippen LogP contribution in [0.2, 0.25) is 0 Å². The van der Waals surface area contributed by atoms with E-state index < -0.39 is 0 Å². The number of piperidine rings is 1. The second kappa shape index (κ2) is 7.61. The Bertz CT molecular complexity index is 250. The fourth-order valence-electron chi connectivity index (χ4n) is 3.97. The topological polar surface area (TPSA) is 18.5 Å². The third kappa shape index (κ3) is 4.44. The average molecular weight is 267 g/mol. The van der Waals surface area contributed by atoms with Gasteiger partial charge >= 0.3 is 0 Å². The van der Waals surface area contributed by atoms with Gasteiger partial charge in [0.15, 0.2) is 0 Å². The summed E-state index contributed by atoms with van der Waals surface area (Å²) in [5, 5.41) is 3.60. The molecule has 0 aromatic heterocycles. The monoisotopic (exact) mass is 267 g/mol. The molecule has 112 valence electrons. The van der Waals surface area contributed by atoms with Crippen LogP contribution in [0.25, 0.3) is 0 Å². The molecule has 0 amide bonds. The van der Waals surface area contributed by atoms with Gasteiger partial charge in [-0.2, -0.15) is 0 Å². The summed E-state index contributed by atoms with van der Waals surface area (Å²) < 4.78 is 0. The van der Waals surface area contributed by atoms with Gasteiger partial charge in [0.05, 0.1) is 0 Å². The van der Waals surface area contributed by atoms with Crippen molar-refractivity contribution in [2.45, 2.75) is 57.0 Å². The van der Waals surface area contributed by atoms with Gasteiger partial charge in [0, 0.05) is 25.2 Å². The van der Waals surface area contributed by atoms with E-state index >= 15 is 0 Å². The second-order valence-electron chi connectivity index (χ2n) is 6.79. The van der Waals surface area contributed by atoms with E-state index in [0.29, 0.717) is 6.04 Å². The summed E-state index contributed by atoms with van der Waals surface area (Å²) >= 11 is 0. The molecule has 1 heterocycles. The first-order valence-corrected chi connectivity index (χ1v) is 8.26. The molecule has 1 aliphatic carbocycles. The number of hydrogen-bond acceptors (Lipinski definition) is 3. The minimum Gasteiger partial charge on any atom is -0.315 e. The largest absolute Gasteiger partial charge is 0.315 e. The van der Waals surface area contributed by atoms with Crippen LogP contribution in [0.1, 0.15) is 44.9 Å². The van der Waals surface area contributed by atoms with Gasteiger partial charge in [-0.15, -0.1) is 0 Å². The van der Waals surface area contributed by atoms with Crippen molar-refractivity contribution >= 4 is 0 Å². The van der Waals surface area contributed by atoms with Crippen molar-refractivity contribution in [3.05, 3.63) is 0 Å². The third-order valence-corrected chi connectivity index (χ3v) is 5.30. The van der Waals surface area contributed by atoms with Crippen molar-refractivity contribution in [3.8, 4) is 0 Å². The van der Waals surface area contributed by atoms with Crippen molar-refractivity contribution < 1.29 is 0 Å². The lowest BCUT2D eigenvalue weighted by Crippen LogP contribution is -2.51. The molecular formula is C16H33N3. The first kappa shape index (κ1) is 15.3. The molecular weight excluding hydrogens is 234 g/mol. The molecule has 0 radical (unpaired) electrons. The highest BCUT2D eigenvalue weighted by Gasteiger charge is 2.27. The zero-order valence-electron chi connectivity index (χ0n) is 13.2. The van der Waals surface area contributed by atoms with Gasteiger partial charge in [-0.25, -0.2) is 0 Å². The van der Waals surface area contributed by atoms with E-state index in [1.165, 1.54) is 64.6 Å². The molecule has 2 unspecified atom stereocenters. The van der Waals surface area contributed by atoms with Crippen molar-refractivity contribution in [3.63, 3.8) is 0 Å². The van der Waals surface area contributed by atoms with Gasteiger partial charge in [0.2, 0.25) is 0 Å². The zero-order chi connectivity index (χ0) is 13.7. The standard InChI is InChI=1S/C16H33N3/c1-17-16(14-8-5-4-6-9-14)13-19(3)15-10-7-11-18(2)12-15/h14-17H,4-13H2,1-3H3. The number of nitrogens with zero attached hydrogens (tertiary/aromatic N) is 2. The molecule has 2 fully saturated rings. The molecule has 2 rings (SSSR count). The minimum atomic E-state index is 0.692. The molecule has 0 bridgehead atoms. The van der Waals surface area contributed by atoms with Gasteiger partial charge in [0.25, 0.3) is 0 Å². The van der Waals surface area contributed by atoms with E-state index in [-0.39, 0.29) is 0 Å². The van der Waals surface area contributed by atoms with Crippen LogP contribution in [0.15, 0.2) is 0 Å². The van der Waals surface area contributed by atoms with Crippen LogP contribution in [0.3, 0.4) is 0 Å². The molecule has 0 spiro atoms. The number of hydrogen-bond donors (Lipinski definition) is 1. The highest BCUT2D eigenvalue weighted by atomic mass is 15.2. The van der Waals surface area contributed by atoms with Crippen LogP contribution in [-0.2, 0) is 0 Å². The van der Waals surface area contributed by atoms with Crippen LogP contribution in [0.4, 0.5) is 0 Å². The van der Waals surface area contributed by atoms with Crippen LogP contribution in [-0.4, -0.2) is 62.7 Å². The van der Waals surface area contributed by atoms with E-state index in [9.17, 15) is 0 Å². The van der Waals surface area contributed by atoms with Crippen molar-refractivity contribution in [2.24, 2.45) is 5.92 Å². The third-order valence-electron chi connectivity index (χ3n) is 5.30. The summed E-state index contributed by atoms with van der Waals surface area (Å²) in [5.41, 5.74) is 0. The Kier molecular flexibility index (Phi) is 6.11. The molecule has 1 N–H and O–H groups in total. The predicted octanol–water partition coefficient (Wildman–Crippen LogP) is 2.18. The summed E-state index contributed by atoms with van der Waals surface area (Å²) in [6, 6.07) is 1.45. The van der Waals surface area contributed by atoms with Gasteiger partial charge in [0.1, 0.15) is 0 Å². The van der Waals surface area contributed by atoms with Gasteiger partial charge in [-0.1, -0.05) is 19.3 Å². The lowest BCUT2D eigenvalue weighted by Gasteiger charge is -2.39. The molecule has 0 aromatic carbocycles. The number of rotatable bonds is 5. The van der Waals surface area contributed by atoms with Gasteiger partial charge < -0.3 is 15.1 Å². The van der Waals surface area contributed by atoms with Gasteiger partial charge in [-0.05, 0) is 59.3 Å². The quantitative estimate of drug-likeness (QED) is 0.824. The Morgan fingerprint density at radius 2 is 1.89 bits per heavy atom. The van der Waals surface area contributed by atoms with Crippen molar-refractivity contribution in [2.75, 3.05) is 40.8 Å². The second-order valence-corrected chi connectivity index (χ2v) is 6.79. The molecule has 1 saturated carbocycles. The summed E-state index contributed by atoms with van der Waals surface area (Å²) in [6.45, 7) is 3.75. The smallest absolute Gasteiger partial charge is 0.0221 e. The van der Waals surface area contributed by atoms with E-state index in [1.807, 2.05) is 0 Å². The average Bonchev–Trinajstić information content (AvgIpc) is 2.45. The molecule has 19 heavy (non-hydrogen) atoms. The van der Waals surface area contributed by atoms with Crippen LogP contribution in [0.5, 0.6) is 0 Å². The van der Waals surface area contributed by atoms with E-state index in [0.717, 1.165) is 12.0 Å². The Morgan fingerprint density at radius 3 is 2.53 bits per heavy atom. The summed E-state index contributed by atoms with van der Waals surface area (Å²) in [4.78, 5) is 5.10. The Labute approximate surface area is 119 Å². The van der Waals surface area contributed by atoms with E-state index in [1.54, 1.807) is 0 Å². The fourth-order valence-corrected chi connectivity index (χ4v) is 3.97. The summed E-state index contributed by atoms with van der Waals surface area (Å²) in [7, 11) is 6.74. The highest BCUT2D eigenvalue weighted by molar-refractivity contribution is 4.84. The Hall–Kier alpha value is -0.120. The van der Waals surface area contributed by atoms with E-state index in [4.69, 9.17) is 0 Å². The first-order chi connectivity index (χ1) is 9.20. The Balaban J connectivity index is 1.82. The van der Waals surface area contributed by atoms with Crippen LogP contribution in [0, 0.1) is 5.92 Å². The summed E-state index contributed by atoms with van der Waals surface area (Å²) in [6.07, 6.45) is 9.95. The predicted molar refractivity (Wildman–Crippen MR) is 82.6 cm³/mol. The molecule has 0 aromatic rings. The maximum atomic E-state index is 3.60. The lowest BCUT2D eigenvalue weighted by atomic mass is 9.83. The molecule has 3 heteroatoms.